The monoisotopic (exact) mass is 590 g/mol. The van der Waals surface area contributed by atoms with E-state index in [9.17, 15) is 14.4 Å². The predicted molar refractivity (Wildman–Crippen MR) is 162 cm³/mol. The van der Waals surface area contributed by atoms with Gasteiger partial charge in [0.2, 0.25) is 0 Å². The van der Waals surface area contributed by atoms with E-state index in [-0.39, 0.29) is 18.2 Å². The predicted octanol–water partition coefficient (Wildman–Crippen LogP) is 2.87. The van der Waals surface area contributed by atoms with Gasteiger partial charge in [0, 0.05) is 18.3 Å². The number of benzene rings is 3. The summed E-state index contributed by atoms with van der Waals surface area (Å²) in [6.45, 7) is 6.97. The number of hydrogen-bond acceptors (Lipinski definition) is 9. The van der Waals surface area contributed by atoms with Gasteiger partial charge in [-0.05, 0) is 39.7 Å². The standard InChI is InChI=1S/C32H38N2O7Si/c1-31(2,3)42(26-13-9-7-10-14-26,27-15-11-8-12-16-27)41-22-24-21-34(25-19-17-23(18-20-25)28(35)38-4)32(33-24,29(36)39-5)30(37)40-6/h7-20,24,33H,21-22H2,1-6H3/t24-/m0/s1. The summed E-state index contributed by atoms with van der Waals surface area (Å²) < 4.78 is 22.2. The summed E-state index contributed by atoms with van der Waals surface area (Å²) in [7, 11) is 0.843. The first-order chi connectivity index (χ1) is 20.0. The maximum Gasteiger partial charge on any atom is 0.359 e. The van der Waals surface area contributed by atoms with E-state index in [2.05, 4.69) is 50.4 Å². The summed E-state index contributed by atoms with van der Waals surface area (Å²) in [5.74, 6) is -2.14. The van der Waals surface area contributed by atoms with Crippen molar-refractivity contribution in [2.24, 2.45) is 0 Å². The highest BCUT2D eigenvalue weighted by molar-refractivity contribution is 6.99. The maximum atomic E-state index is 13.4. The normalized spacial score (nSPS) is 16.5. The number of carbonyl (C=O) groups excluding carboxylic acids is 3. The average Bonchev–Trinajstić information content (AvgIpc) is 3.41. The van der Waals surface area contributed by atoms with Crippen LogP contribution in [0.1, 0.15) is 31.1 Å². The minimum absolute atomic E-state index is 0.194. The molecular formula is C32H38N2O7Si. The Bertz CT molecular complexity index is 1340. The fourth-order valence-electron chi connectivity index (χ4n) is 5.77. The number of nitrogens with zero attached hydrogens (tertiary/aromatic N) is 1. The topological polar surface area (TPSA) is 103 Å². The van der Waals surface area contributed by atoms with E-state index in [1.54, 1.807) is 29.2 Å². The SMILES string of the molecule is COC(=O)c1ccc(N2C[C@@H](CO[Si](c3ccccc3)(c3ccccc3)C(C)(C)C)NC2(C(=O)OC)C(=O)OC)cc1. The molecule has 222 valence electrons. The molecule has 0 spiro atoms. The molecule has 1 atom stereocenters. The summed E-state index contributed by atoms with van der Waals surface area (Å²) in [6.07, 6.45) is 0. The number of esters is 3. The van der Waals surface area contributed by atoms with Crippen molar-refractivity contribution in [2.45, 2.75) is 37.5 Å². The van der Waals surface area contributed by atoms with Gasteiger partial charge in [-0.2, -0.15) is 0 Å². The van der Waals surface area contributed by atoms with Crippen LogP contribution in [0.25, 0.3) is 0 Å². The van der Waals surface area contributed by atoms with Gasteiger partial charge in [-0.15, -0.1) is 0 Å². The molecule has 1 saturated heterocycles. The number of hydrogen-bond donors (Lipinski definition) is 1. The maximum absolute atomic E-state index is 13.4. The Hall–Kier alpha value is -3.99. The third kappa shape index (κ3) is 5.45. The number of rotatable bonds is 9. The Morgan fingerprint density at radius 1 is 0.810 bits per heavy atom. The highest BCUT2D eigenvalue weighted by atomic mass is 28.4. The van der Waals surface area contributed by atoms with Gasteiger partial charge in [-0.25, -0.2) is 14.4 Å². The molecule has 9 nitrogen and oxygen atoms in total. The molecule has 0 aromatic heterocycles. The second-order valence-electron chi connectivity index (χ2n) is 11.2. The largest absolute Gasteiger partial charge is 0.466 e. The quantitative estimate of drug-likeness (QED) is 0.174. The average molecular weight is 591 g/mol. The van der Waals surface area contributed by atoms with Crippen molar-refractivity contribution in [2.75, 3.05) is 39.4 Å². The highest BCUT2D eigenvalue weighted by Crippen LogP contribution is 2.38. The Balaban J connectivity index is 1.76. The Labute approximate surface area is 247 Å². The Morgan fingerprint density at radius 2 is 1.31 bits per heavy atom. The molecule has 0 bridgehead atoms. The highest BCUT2D eigenvalue weighted by Gasteiger charge is 2.60. The van der Waals surface area contributed by atoms with E-state index in [1.165, 1.54) is 21.3 Å². The van der Waals surface area contributed by atoms with E-state index < -0.39 is 37.9 Å². The number of ether oxygens (including phenoxy) is 3. The number of anilines is 1. The third-order valence-electron chi connectivity index (χ3n) is 7.70. The molecule has 10 heteroatoms. The van der Waals surface area contributed by atoms with Crippen molar-refractivity contribution >= 4 is 42.3 Å². The molecule has 0 radical (unpaired) electrons. The van der Waals surface area contributed by atoms with E-state index in [1.807, 2.05) is 36.4 Å². The van der Waals surface area contributed by atoms with Crippen molar-refractivity contribution in [3.63, 3.8) is 0 Å². The van der Waals surface area contributed by atoms with Crippen molar-refractivity contribution in [3.8, 4) is 0 Å². The lowest BCUT2D eigenvalue weighted by atomic mass is 10.1. The minimum Gasteiger partial charge on any atom is -0.466 e. The summed E-state index contributed by atoms with van der Waals surface area (Å²) in [5.41, 5.74) is -1.11. The lowest BCUT2D eigenvalue weighted by Gasteiger charge is -2.43. The zero-order chi connectivity index (χ0) is 30.5. The van der Waals surface area contributed by atoms with Gasteiger partial charge in [0.15, 0.2) is 0 Å². The summed E-state index contributed by atoms with van der Waals surface area (Å²) in [4.78, 5) is 40.3. The van der Waals surface area contributed by atoms with Crippen LogP contribution in [0.2, 0.25) is 5.04 Å². The van der Waals surface area contributed by atoms with Crippen LogP contribution in [-0.4, -0.2) is 72.4 Å². The molecule has 1 aliphatic heterocycles. The number of methoxy groups -OCH3 is 3. The summed E-state index contributed by atoms with van der Waals surface area (Å²) in [5, 5.41) is 5.18. The third-order valence-corrected chi connectivity index (χ3v) is 12.7. The second-order valence-corrected chi connectivity index (χ2v) is 15.5. The molecule has 1 fully saturated rings. The molecule has 3 aromatic carbocycles. The molecule has 0 amide bonds. The van der Waals surface area contributed by atoms with Crippen LogP contribution in [-0.2, 0) is 28.2 Å². The molecule has 0 aliphatic carbocycles. The van der Waals surface area contributed by atoms with Crippen molar-refractivity contribution < 1.29 is 33.0 Å². The Morgan fingerprint density at radius 3 is 1.74 bits per heavy atom. The molecule has 1 N–H and O–H groups in total. The van der Waals surface area contributed by atoms with Crippen LogP contribution < -0.4 is 20.6 Å². The molecule has 1 aliphatic rings. The van der Waals surface area contributed by atoms with E-state index in [4.69, 9.17) is 18.6 Å². The van der Waals surface area contributed by atoms with Gasteiger partial charge in [0.05, 0.1) is 33.5 Å². The molecule has 3 aromatic rings. The van der Waals surface area contributed by atoms with Crippen LogP contribution in [0.3, 0.4) is 0 Å². The van der Waals surface area contributed by atoms with Crippen molar-refractivity contribution in [1.29, 1.82) is 0 Å². The van der Waals surface area contributed by atoms with Crippen LogP contribution >= 0.6 is 0 Å². The molecular weight excluding hydrogens is 552 g/mol. The lowest BCUT2D eigenvalue weighted by Crippen LogP contribution is -2.68. The van der Waals surface area contributed by atoms with Gasteiger partial charge >= 0.3 is 17.9 Å². The molecule has 0 unspecified atom stereocenters. The van der Waals surface area contributed by atoms with Crippen LogP contribution in [0.5, 0.6) is 0 Å². The molecule has 1 heterocycles. The van der Waals surface area contributed by atoms with E-state index >= 15 is 0 Å². The zero-order valence-corrected chi connectivity index (χ0v) is 25.9. The van der Waals surface area contributed by atoms with E-state index in [0.717, 1.165) is 10.4 Å². The summed E-state index contributed by atoms with van der Waals surface area (Å²) in [6, 6.07) is 26.4. The fourth-order valence-corrected chi connectivity index (χ4v) is 10.4. The van der Waals surface area contributed by atoms with Gasteiger partial charge in [0.1, 0.15) is 0 Å². The molecule has 42 heavy (non-hydrogen) atoms. The van der Waals surface area contributed by atoms with Gasteiger partial charge in [-0.3, -0.25) is 5.32 Å². The number of nitrogens with one attached hydrogen (secondary N) is 1. The first kappa shape index (κ1) is 31.0. The van der Waals surface area contributed by atoms with Crippen LogP contribution in [0, 0.1) is 0 Å². The first-order valence-corrected chi connectivity index (χ1v) is 15.6. The first-order valence-electron chi connectivity index (χ1n) is 13.7. The molecule has 4 rings (SSSR count). The van der Waals surface area contributed by atoms with Crippen molar-refractivity contribution in [1.82, 2.24) is 5.32 Å². The van der Waals surface area contributed by atoms with Crippen molar-refractivity contribution in [3.05, 3.63) is 90.5 Å². The van der Waals surface area contributed by atoms with Crippen LogP contribution in [0.15, 0.2) is 84.9 Å². The van der Waals surface area contributed by atoms with E-state index in [0.29, 0.717) is 11.3 Å². The van der Waals surface area contributed by atoms with Gasteiger partial charge < -0.3 is 23.5 Å². The zero-order valence-electron chi connectivity index (χ0n) is 24.9. The van der Waals surface area contributed by atoms with Gasteiger partial charge in [-0.1, -0.05) is 81.4 Å². The Kier molecular flexibility index (Phi) is 9.20. The smallest absolute Gasteiger partial charge is 0.359 e. The molecule has 0 saturated carbocycles. The lowest BCUT2D eigenvalue weighted by molar-refractivity contribution is -0.162. The van der Waals surface area contributed by atoms with Gasteiger partial charge in [0.25, 0.3) is 14.0 Å². The summed E-state index contributed by atoms with van der Waals surface area (Å²) >= 11 is 0. The van der Waals surface area contributed by atoms with Crippen LogP contribution in [0.4, 0.5) is 5.69 Å². The number of carbonyl (C=O) groups is 3. The minimum atomic E-state index is -2.90. The second kappa shape index (κ2) is 12.5. The fraction of sp³-hybridized carbons (Fsp3) is 0.344.